The fourth-order valence-electron chi connectivity index (χ4n) is 4.67. The number of aliphatic hydroxyl groups excluding tert-OH is 2. The molecule has 222 valence electrons. The molecule has 3 N–H and O–H groups in total. The highest BCUT2D eigenvalue weighted by atomic mass is 16.3. The van der Waals surface area contributed by atoms with Crippen LogP contribution in [0.25, 0.3) is 0 Å². The van der Waals surface area contributed by atoms with Crippen LogP contribution in [0.4, 0.5) is 0 Å². The molecular formula is C34H63NO3. The van der Waals surface area contributed by atoms with E-state index >= 15 is 0 Å². The van der Waals surface area contributed by atoms with Gasteiger partial charge >= 0.3 is 0 Å². The Morgan fingerprint density at radius 3 is 1.71 bits per heavy atom. The van der Waals surface area contributed by atoms with Gasteiger partial charge in [-0.2, -0.15) is 0 Å². The summed E-state index contributed by atoms with van der Waals surface area (Å²) in [5, 5.41) is 22.9. The molecule has 0 aliphatic heterocycles. The largest absolute Gasteiger partial charge is 0.394 e. The maximum atomic E-state index is 12.2. The van der Waals surface area contributed by atoms with Gasteiger partial charge < -0.3 is 15.5 Å². The molecule has 2 unspecified atom stereocenters. The topological polar surface area (TPSA) is 69.6 Å². The maximum absolute atomic E-state index is 12.2. The minimum absolute atomic E-state index is 0.0636. The van der Waals surface area contributed by atoms with Crippen LogP contribution in [-0.4, -0.2) is 34.9 Å². The summed E-state index contributed by atoms with van der Waals surface area (Å²) < 4.78 is 0. The zero-order valence-electron chi connectivity index (χ0n) is 25.2. The molecule has 4 nitrogen and oxygen atoms in total. The third-order valence-electron chi connectivity index (χ3n) is 7.17. The average molecular weight is 534 g/mol. The summed E-state index contributed by atoms with van der Waals surface area (Å²) in [4.78, 5) is 12.2. The molecule has 4 heteroatoms. The van der Waals surface area contributed by atoms with E-state index in [1.165, 1.54) is 70.6 Å². The molecule has 1 amide bonds. The zero-order valence-corrected chi connectivity index (χ0v) is 25.2. The number of hydrogen-bond donors (Lipinski definition) is 3. The minimum Gasteiger partial charge on any atom is -0.394 e. The van der Waals surface area contributed by atoms with Crippen molar-refractivity contribution >= 4 is 5.91 Å². The molecule has 0 aromatic carbocycles. The van der Waals surface area contributed by atoms with Crippen molar-refractivity contribution in [2.45, 2.75) is 167 Å². The maximum Gasteiger partial charge on any atom is 0.220 e. The second-order valence-corrected chi connectivity index (χ2v) is 10.8. The second-order valence-electron chi connectivity index (χ2n) is 10.8. The van der Waals surface area contributed by atoms with Crippen molar-refractivity contribution in [2.75, 3.05) is 6.61 Å². The standard InChI is InChI=1S/C34H63NO3/c1-3-5-7-9-11-13-15-17-19-21-23-25-27-29-33(37)32(31-36)35-34(38)30-28-26-24-22-20-18-16-14-12-10-8-6-4-2/h6,8,12,14,18,20,32-33,36-37H,3-5,7,9-11,13,15-17,19,21-31H2,1-2H3,(H,35,38)/b8-6-,14-12-,20-18-. The molecule has 0 aliphatic carbocycles. The molecular weight excluding hydrogens is 470 g/mol. The van der Waals surface area contributed by atoms with E-state index in [0.717, 1.165) is 57.8 Å². The number of amides is 1. The van der Waals surface area contributed by atoms with Crippen molar-refractivity contribution in [3.63, 3.8) is 0 Å². The first-order valence-corrected chi connectivity index (χ1v) is 16.2. The van der Waals surface area contributed by atoms with Gasteiger partial charge in [0.2, 0.25) is 5.91 Å². The van der Waals surface area contributed by atoms with Crippen molar-refractivity contribution in [3.05, 3.63) is 36.5 Å². The van der Waals surface area contributed by atoms with Crippen LogP contribution >= 0.6 is 0 Å². The fraction of sp³-hybridized carbons (Fsp3) is 0.794. The predicted octanol–water partition coefficient (Wildman–Crippen LogP) is 9.12. The first kappa shape index (κ1) is 36.6. The van der Waals surface area contributed by atoms with E-state index in [0.29, 0.717) is 12.8 Å². The number of rotatable bonds is 28. The van der Waals surface area contributed by atoms with Crippen LogP contribution in [0.15, 0.2) is 36.5 Å². The van der Waals surface area contributed by atoms with Gasteiger partial charge in [0, 0.05) is 6.42 Å². The molecule has 0 aromatic heterocycles. The van der Waals surface area contributed by atoms with Gasteiger partial charge in [0.1, 0.15) is 0 Å². The Balaban J connectivity index is 3.67. The van der Waals surface area contributed by atoms with E-state index in [4.69, 9.17) is 0 Å². The number of unbranched alkanes of at least 4 members (excludes halogenated alkanes) is 15. The van der Waals surface area contributed by atoms with E-state index in [2.05, 4.69) is 55.6 Å². The molecule has 0 rings (SSSR count). The molecule has 0 bridgehead atoms. The molecule has 0 aliphatic rings. The lowest BCUT2D eigenvalue weighted by atomic mass is 10.0. The van der Waals surface area contributed by atoms with E-state index in [-0.39, 0.29) is 12.5 Å². The quantitative estimate of drug-likeness (QED) is 0.0693. The Hall–Kier alpha value is -1.39. The molecule has 2 atom stereocenters. The SMILES string of the molecule is CC/C=C\C/C=C\C/C=C\CCCCCC(=O)NC(CO)C(O)CCCCCCCCCCCCCCC. The van der Waals surface area contributed by atoms with E-state index in [1.54, 1.807) is 0 Å². The highest BCUT2D eigenvalue weighted by Gasteiger charge is 2.19. The van der Waals surface area contributed by atoms with Gasteiger partial charge in [-0.25, -0.2) is 0 Å². The Kier molecular flexibility index (Phi) is 29.1. The number of hydrogen-bond acceptors (Lipinski definition) is 3. The monoisotopic (exact) mass is 533 g/mol. The van der Waals surface area contributed by atoms with Crippen LogP contribution < -0.4 is 5.32 Å². The highest BCUT2D eigenvalue weighted by Crippen LogP contribution is 2.14. The smallest absolute Gasteiger partial charge is 0.220 e. The van der Waals surface area contributed by atoms with Gasteiger partial charge in [-0.15, -0.1) is 0 Å². The first-order chi connectivity index (χ1) is 18.7. The molecule has 0 heterocycles. The van der Waals surface area contributed by atoms with Crippen LogP contribution in [0.3, 0.4) is 0 Å². The Morgan fingerprint density at radius 2 is 1.16 bits per heavy atom. The summed E-state index contributed by atoms with van der Waals surface area (Å²) >= 11 is 0. The summed E-state index contributed by atoms with van der Waals surface area (Å²) in [7, 11) is 0. The third kappa shape index (κ3) is 26.2. The number of carbonyl (C=O) groups is 1. The van der Waals surface area contributed by atoms with Crippen molar-refractivity contribution in [2.24, 2.45) is 0 Å². The minimum atomic E-state index is -0.668. The second kappa shape index (κ2) is 30.2. The summed E-state index contributed by atoms with van der Waals surface area (Å²) in [6, 6.07) is -0.548. The molecule has 38 heavy (non-hydrogen) atoms. The number of carbonyl (C=O) groups excluding carboxylic acids is 1. The average Bonchev–Trinajstić information content (AvgIpc) is 2.92. The van der Waals surface area contributed by atoms with Gasteiger partial charge in [-0.1, -0.05) is 140 Å². The first-order valence-electron chi connectivity index (χ1n) is 16.2. The summed E-state index contributed by atoms with van der Waals surface area (Å²) in [5.74, 6) is -0.0636. The molecule has 0 fully saturated rings. The molecule has 0 saturated heterocycles. The van der Waals surface area contributed by atoms with Crippen LogP contribution in [-0.2, 0) is 4.79 Å². The van der Waals surface area contributed by atoms with Crippen LogP contribution in [0.2, 0.25) is 0 Å². The Morgan fingerprint density at radius 1 is 0.658 bits per heavy atom. The lowest BCUT2D eigenvalue weighted by Crippen LogP contribution is -2.45. The fourth-order valence-corrected chi connectivity index (χ4v) is 4.67. The van der Waals surface area contributed by atoms with E-state index in [1.807, 2.05) is 0 Å². The van der Waals surface area contributed by atoms with Gasteiger partial charge in [-0.3, -0.25) is 4.79 Å². The van der Waals surface area contributed by atoms with Crippen LogP contribution in [0.1, 0.15) is 155 Å². The molecule has 0 spiro atoms. The summed E-state index contributed by atoms with van der Waals surface area (Å²) in [6.07, 6.45) is 37.6. The molecule has 0 saturated carbocycles. The molecule has 0 aromatic rings. The van der Waals surface area contributed by atoms with Gasteiger partial charge in [-0.05, 0) is 44.9 Å². The van der Waals surface area contributed by atoms with Crippen molar-refractivity contribution < 1.29 is 15.0 Å². The lowest BCUT2D eigenvalue weighted by Gasteiger charge is -2.22. The Bertz CT molecular complexity index is 584. The molecule has 0 radical (unpaired) electrons. The number of allylic oxidation sites excluding steroid dienone is 6. The third-order valence-corrected chi connectivity index (χ3v) is 7.17. The number of nitrogens with one attached hydrogen (secondary N) is 1. The van der Waals surface area contributed by atoms with Crippen molar-refractivity contribution in [3.8, 4) is 0 Å². The van der Waals surface area contributed by atoms with E-state index in [9.17, 15) is 15.0 Å². The van der Waals surface area contributed by atoms with E-state index < -0.39 is 12.1 Å². The zero-order chi connectivity index (χ0) is 27.9. The Labute approximate surface area is 236 Å². The predicted molar refractivity (Wildman–Crippen MR) is 165 cm³/mol. The number of aliphatic hydroxyl groups is 2. The van der Waals surface area contributed by atoms with Crippen molar-refractivity contribution in [1.82, 2.24) is 5.32 Å². The van der Waals surface area contributed by atoms with Gasteiger partial charge in [0.05, 0.1) is 18.8 Å². The van der Waals surface area contributed by atoms with Crippen LogP contribution in [0.5, 0.6) is 0 Å². The summed E-state index contributed by atoms with van der Waals surface area (Å²) in [5.41, 5.74) is 0. The van der Waals surface area contributed by atoms with Gasteiger partial charge in [0.15, 0.2) is 0 Å². The van der Waals surface area contributed by atoms with Gasteiger partial charge in [0.25, 0.3) is 0 Å². The normalized spacial score (nSPS) is 13.7. The summed E-state index contributed by atoms with van der Waals surface area (Å²) in [6.45, 7) is 4.20. The lowest BCUT2D eigenvalue weighted by molar-refractivity contribution is -0.123. The van der Waals surface area contributed by atoms with Crippen LogP contribution in [0, 0.1) is 0 Å². The highest BCUT2D eigenvalue weighted by molar-refractivity contribution is 5.76. The van der Waals surface area contributed by atoms with Crippen molar-refractivity contribution in [1.29, 1.82) is 0 Å².